The lowest BCUT2D eigenvalue weighted by molar-refractivity contribution is -0.159. The Bertz CT molecular complexity index is 732. The molecule has 0 spiro atoms. The largest absolute Gasteiger partial charge is 0.479 e. The topological polar surface area (TPSA) is 64.6 Å². The second kappa shape index (κ2) is 8.23. The van der Waals surface area contributed by atoms with Crippen LogP contribution in [0.1, 0.15) is 13.8 Å². The van der Waals surface area contributed by atoms with E-state index >= 15 is 0 Å². The number of carbonyl (C=O) groups is 2. The molecule has 0 radical (unpaired) electrons. The molecule has 2 rings (SSSR count). The molecule has 0 bridgehead atoms. The van der Waals surface area contributed by atoms with Crippen molar-refractivity contribution in [3.63, 3.8) is 0 Å². The fourth-order valence-corrected chi connectivity index (χ4v) is 1.87. The van der Waals surface area contributed by atoms with E-state index in [1.807, 2.05) is 0 Å². The molecular formula is C18H17F2NO4. The van der Waals surface area contributed by atoms with Crippen molar-refractivity contribution >= 4 is 17.6 Å². The van der Waals surface area contributed by atoms with Gasteiger partial charge in [-0.1, -0.05) is 0 Å². The third kappa shape index (κ3) is 5.56. The zero-order valence-corrected chi connectivity index (χ0v) is 13.7. The van der Waals surface area contributed by atoms with E-state index in [9.17, 15) is 18.4 Å². The van der Waals surface area contributed by atoms with Crippen LogP contribution in [-0.4, -0.2) is 24.1 Å². The molecule has 2 atom stereocenters. The number of nitrogens with one attached hydrogen (secondary N) is 1. The molecular weight excluding hydrogens is 332 g/mol. The van der Waals surface area contributed by atoms with Gasteiger partial charge in [0.2, 0.25) is 0 Å². The number of ether oxygens (including phenoxy) is 2. The number of rotatable bonds is 6. The molecule has 5 nitrogen and oxygen atoms in total. The minimum atomic E-state index is -1.07. The molecule has 132 valence electrons. The molecule has 0 saturated carbocycles. The van der Waals surface area contributed by atoms with Crippen molar-refractivity contribution in [2.24, 2.45) is 0 Å². The summed E-state index contributed by atoms with van der Waals surface area (Å²) in [5.41, 5.74) is 0.380. The van der Waals surface area contributed by atoms with Crippen molar-refractivity contribution in [2.45, 2.75) is 26.1 Å². The second-order valence-electron chi connectivity index (χ2n) is 5.29. The first kappa shape index (κ1) is 18.4. The first-order valence-electron chi connectivity index (χ1n) is 7.54. The first-order valence-corrected chi connectivity index (χ1v) is 7.54. The maximum atomic E-state index is 12.8. The van der Waals surface area contributed by atoms with Gasteiger partial charge >= 0.3 is 5.97 Å². The molecule has 0 aliphatic rings. The van der Waals surface area contributed by atoms with Gasteiger partial charge in [-0.05, 0) is 62.4 Å². The van der Waals surface area contributed by atoms with Crippen LogP contribution in [0.15, 0.2) is 48.5 Å². The highest BCUT2D eigenvalue weighted by Gasteiger charge is 2.23. The van der Waals surface area contributed by atoms with Crippen LogP contribution in [0.25, 0.3) is 0 Å². The van der Waals surface area contributed by atoms with Crippen LogP contribution in [0, 0.1) is 11.6 Å². The van der Waals surface area contributed by atoms with Gasteiger partial charge in [0, 0.05) is 5.69 Å². The van der Waals surface area contributed by atoms with Gasteiger partial charge in [0.05, 0.1) is 0 Å². The Balaban J connectivity index is 1.86. The highest BCUT2D eigenvalue weighted by Crippen LogP contribution is 2.14. The number of esters is 1. The standard InChI is InChI=1S/C18H17F2NO4/c1-11(17(22)21-15-7-3-13(19)4-8-15)25-18(23)12(2)24-16-9-5-14(20)6-10-16/h3-12H,1-2H3,(H,21,22)/t11-,12+/m1/s1. The van der Waals surface area contributed by atoms with E-state index in [1.54, 1.807) is 0 Å². The SMILES string of the molecule is C[C@H](Oc1ccc(F)cc1)C(=O)O[C@H](C)C(=O)Nc1ccc(F)cc1. The van der Waals surface area contributed by atoms with Crippen LogP contribution < -0.4 is 10.1 Å². The van der Waals surface area contributed by atoms with Crippen LogP contribution in [0.2, 0.25) is 0 Å². The lowest BCUT2D eigenvalue weighted by atomic mass is 10.3. The molecule has 2 aromatic rings. The Kier molecular flexibility index (Phi) is 6.05. The van der Waals surface area contributed by atoms with Crippen LogP contribution in [0.3, 0.4) is 0 Å². The Morgan fingerprint density at radius 3 is 1.96 bits per heavy atom. The highest BCUT2D eigenvalue weighted by atomic mass is 19.1. The second-order valence-corrected chi connectivity index (χ2v) is 5.29. The van der Waals surface area contributed by atoms with E-state index in [2.05, 4.69) is 5.32 Å². The third-order valence-corrected chi connectivity index (χ3v) is 3.23. The monoisotopic (exact) mass is 349 g/mol. The zero-order chi connectivity index (χ0) is 18.4. The van der Waals surface area contributed by atoms with Gasteiger partial charge in [-0.3, -0.25) is 4.79 Å². The number of halogens is 2. The van der Waals surface area contributed by atoms with Crippen LogP contribution in [0.5, 0.6) is 5.75 Å². The molecule has 0 aliphatic carbocycles. The zero-order valence-electron chi connectivity index (χ0n) is 13.7. The van der Waals surface area contributed by atoms with Crippen molar-refractivity contribution in [3.05, 3.63) is 60.2 Å². The number of hydrogen-bond acceptors (Lipinski definition) is 4. The molecule has 0 saturated heterocycles. The summed E-state index contributed by atoms with van der Waals surface area (Å²) in [6.45, 7) is 2.86. The van der Waals surface area contributed by atoms with Crippen LogP contribution >= 0.6 is 0 Å². The van der Waals surface area contributed by atoms with E-state index in [0.717, 1.165) is 0 Å². The van der Waals surface area contributed by atoms with Crippen LogP contribution in [-0.2, 0) is 14.3 Å². The number of carbonyl (C=O) groups excluding carboxylic acids is 2. The van der Waals surface area contributed by atoms with E-state index in [-0.39, 0.29) is 0 Å². The third-order valence-electron chi connectivity index (χ3n) is 3.23. The molecule has 25 heavy (non-hydrogen) atoms. The minimum absolute atomic E-state index is 0.300. The average molecular weight is 349 g/mol. The smallest absolute Gasteiger partial charge is 0.347 e. The van der Waals surface area contributed by atoms with Gasteiger partial charge in [-0.15, -0.1) is 0 Å². The highest BCUT2D eigenvalue weighted by molar-refractivity contribution is 5.95. The lowest BCUT2D eigenvalue weighted by Crippen LogP contribution is -2.35. The molecule has 0 aliphatic heterocycles. The summed E-state index contributed by atoms with van der Waals surface area (Å²) >= 11 is 0. The summed E-state index contributed by atoms with van der Waals surface area (Å²) < 4.78 is 36.0. The van der Waals surface area contributed by atoms with Crippen molar-refractivity contribution in [2.75, 3.05) is 5.32 Å². The first-order chi connectivity index (χ1) is 11.8. The van der Waals surface area contributed by atoms with Gasteiger partial charge in [-0.25, -0.2) is 13.6 Å². The molecule has 1 N–H and O–H groups in total. The van der Waals surface area contributed by atoms with Gasteiger partial charge in [0.25, 0.3) is 5.91 Å². The summed E-state index contributed by atoms with van der Waals surface area (Å²) in [6.07, 6.45) is -2.05. The number of benzene rings is 2. The lowest BCUT2D eigenvalue weighted by Gasteiger charge is -2.17. The molecule has 2 aromatic carbocycles. The Morgan fingerprint density at radius 2 is 1.40 bits per heavy atom. The molecule has 7 heteroatoms. The van der Waals surface area contributed by atoms with Crippen molar-refractivity contribution in [1.82, 2.24) is 0 Å². The Labute approximate surface area is 143 Å². The molecule has 0 aromatic heterocycles. The van der Waals surface area contributed by atoms with Gasteiger partial charge in [-0.2, -0.15) is 0 Å². The van der Waals surface area contributed by atoms with Gasteiger partial charge in [0.1, 0.15) is 17.4 Å². The quantitative estimate of drug-likeness (QED) is 0.813. The van der Waals surface area contributed by atoms with Crippen molar-refractivity contribution < 1.29 is 27.8 Å². The predicted octanol–water partition coefficient (Wildman–Crippen LogP) is 3.30. The Hall–Kier alpha value is -2.96. The van der Waals surface area contributed by atoms with E-state index < -0.39 is 35.7 Å². The van der Waals surface area contributed by atoms with Gasteiger partial charge in [0.15, 0.2) is 12.2 Å². The normalized spacial score (nSPS) is 12.8. The number of amides is 1. The number of hydrogen-bond donors (Lipinski definition) is 1. The molecule has 0 fully saturated rings. The summed E-state index contributed by atoms with van der Waals surface area (Å²) in [6, 6.07) is 10.3. The maximum absolute atomic E-state index is 12.8. The fraction of sp³-hybridized carbons (Fsp3) is 0.222. The minimum Gasteiger partial charge on any atom is -0.479 e. The summed E-state index contributed by atoms with van der Waals surface area (Å²) in [7, 11) is 0. The van der Waals surface area contributed by atoms with E-state index in [1.165, 1.54) is 62.4 Å². The van der Waals surface area contributed by atoms with Crippen molar-refractivity contribution in [1.29, 1.82) is 0 Å². The average Bonchev–Trinajstić information content (AvgIpc) is 2.58. The molecule has 0 unspecified atom stereocenters. The summed E-state index contributed by atoms with van der Waals surface area (Å²) in [4.78, 5) is 24.0. The van der Waals surface area contributed by atoms with E-state index in [4.69, 9.17) is 9.47 Å². The fourth-order valence-electron chi connectivity index (χ4n) is 1.87. The summed E-state index contributed by atoms with van der Waals surface area (Å²) in [5.74, 6) is -1.85. The maximum Gasteiger partial charge on any atom is 0.347 e. The summed E-state index contributed by atoms with van der Waals surface area (Å²) in [5, 5.41) is 2.50. The predicted molar refractivity (Wildman–Crippen MR) is 87.1 cm³/mol. The van der Waals surface area contributed by atoms with Crippen molar-refractivity contribution in [3.8, 4) is 5.75 Å². The van der Waals surface area contributed by atoms with Gasteiger partial charge < -0.3 is 14.8 Å². The van der Waals surface area contributed by atoms with Crippen LogP contribution in [0.4, 0.5) is 14.5 Å². The number of anilines is 1. The molecule has 0 heterocycles. The Morgan fingerprint density at radius 1 is 0.880 bits per heavy atom. The molecule has 1 amide bonds. The van der Waals surface area contributed by atoms with E-state index in [0.29, 0.717) is 11.4 Å².